The summed E-state index contributed by atoms with van der Waals surface area (Å²) in [5.74, 6) is 0.407. The molecule has 0 N–H and O–H groups in total. The molecule has 0 spiro atoms. The lowest BCUT2D eigenvalue weighted by atomic mass is 10.1. The third kappa shape index (κ3) is 11.9. The van der Waals surface area contributed by atoms with E-state index in [1.807, 2.05) is 6.26 Å². The molecule has 0 heterocycles. The maximum atomic E-state index is 10.3. The van der Waals surface area contributed by atoms with Gasteiger partial charge in [0, 0.05) is 0 Å². The number of unbranched alkanes of at least 4 members (excludes halogenated alkanes) is 7. The topological polar surface area (TPSA) is 40.1 Å². The number of carboxylic acids is 1. The molecule has 0 saturated heterocycles. The number of carbonyl (C=O) groups excluding carboxylic acids is 1. The van der Waals surface area contributed by atoms with Crippen molar-refractivity contribution in [3.63, 3.8) is 0 Å². The highest BCUT2D eigenvalue weighted by Gasteiger charge is 2.09. The third-order valence-electron chi connectivity index (χ3n) is 2.71. The fraction of sp³-hybridized carbons (Fsp3) is 0.923. The Morgan fingerprint density at radius 1 is 1.00 bits per heavy atom. The Kier molecular flexibility index (Phi) is 11.2. The van der Waals surface area contributed by atoms with Crippen molar-refractivity contribution in [3.05, 3.63) is 0 Å². The van der Waals surface area contributed by atoms with Gasteiger partial charge in [0.05, 0.1) is 12.2 Å². The van der Waals surface area contributed by atoms with Crippen LogP contribution in [0.25, 0.3) is 0 Å². The van der Waals surface area contributed by atoms with Crippen LogP contribution in [0.4, 0.5) is 0 Å². The maximum Gasteiger partial charge on any atom is 0.147 e. The average Bonchev–Trinajstić information content (AvgIpc) is 2.21. The smallest absolute Gasteiger partial charge is 0.147 e. The molecular weight excluding hydrogens is 220 g/mol. The van der Waals surface area contributed by atoms with Crippen molar-refractivity contribution in [2.75, 3.05) is 17.8 Å². The van der Waals surface area contributed by atoms with E-state index in [-0.39, 0.29) is 16.6 Å². The Labute approximate surface area is 103 Å². The zero-order chi connectivity index (χ0) is 12.2. The van der Waals surface area contributed by atoms with Crippen molar-refractivity contribution in [3.8, 4) is 0 Å². The Morgan fingerprint density at radius 3 is 2.00 bits per heavy atom. The number of carbonyl (C=O) groups is 1. The SMILES string of the molecule is CCCCCCCCCC[S+](C)CC(=O)[O-]. The highest BCUT2D eigenvalue weighted by molar-refractivity contribution is 7.96. The van der Waals surface area contributed by atoms with E-state index >= 15 is 0 Å². The van der Waals surface area contributed by atoms with Gasteiger partial charge in [0.25, 0.3) is 0 Å². The highest BCUT2D eigenvalue weighted by Crippen LogP contribution is 2.09. The van der Waals surface area contributed by atoms with Crippen LogP contribution in [0.3, 0.4) is 0 Å². The maximum absolute atomic E-state index is 10.3. The molecule has 0 aliphatic heterocycles. The zero-order valence-electron chi connectivity index (χ0n) is 10.8. The van der Waals surface area contributed by atoms with Crippen LogP contribution in [0.5, 0.6) is 0 Å². The number of rotatable bonds is 11. The Balaban J connectivity index is 3.11. The van der Waals surface area contributed by atoms with Crippen LogP contribution in [0.1, 0.15) is 58.3 Å². The summed E-state index contributed by atoms with van der Waals surface area (Å²) < 4.78 is 0. The summed E-state index contributed by atoms with van der Waals surface area (Å²) in [7, 11) is 0.0276. The minimum absolute atomic E-state index is 0.0276. The standard InChI is InChI=1S/C13H26O2S/c1-3-4-5-6-7-8-9-10-11-16(2)12-13(14)15/h3-12H2,1-2H3. The van der Waals surface area contributed by atoms with Crippen molar-refractivity contribution < 1.29 is 9.90 Å². The second-order valence-corrected chi connectivity index (χ2v) is 6.74. The number of aliphatic carboxylic acids is 1. The summed E-state index contributed by atoms with van der Waals surface area (Å²) in [6.07, 6.45) is 12.5. The number of hydrogen-bond acceptors (Lipinski definition) is 2. The number of carboxylic acid groups (broad SMARTS) is 1. The van der Waals surface area contributed by atoms with Crippen LogP contribution >= 0.6 is 0 Å². The average molecular weight is 246 g/mol. The second-order valence-electron chi connectivity index (χ2n) is 4.48. The van der Waals surface area contributed by atoms with E-state index in [0.717, 1.165) is 5.75 Å². The minimum atomic E-state index is -0.898. The molecule has 3 heteroatoms. The summed E-state index contributed by atoms with van der Waals surface area (Å²) in [5, 5.41) is 10.3. The van der Waals surface area contributed by atoms with Crippen LogP contribution in [0, 0.1) is 0 Å². The first kappa shape index (κ1) is 15.8. The van der Waals surface area contributed by atoms with Gasteiger partial charge in [-0.25, -0.2) is 0 Å². The summed E-state index contributed by atoms with van der Waals surface area (Å²) in [6, 6.07) is 0. The van der Waals surface area contributed by atoms with E-state index in [1.165, 1.54) is 51.4 Å². The molecule has 0 aliphatic carbocycles. The van der Waals surface area contributed by atoms with Crippen molar-refractivity contribution >= 4 is 16.9 Å². The first-order valence-corrected chi connectivity index (χ1v) is 8.43. The summed E-state index contributed by atoms with van der Waals surface area (Å²) in [4.78, 5) is 10.3. The molecule has 0 rings (SSSR count). The Hall–Kier alpha value is -0.180. The van der Waals surface area contributed by atoms with E-state index in [9.17, 15) is 9.90 Å². The number of hydrogen-bond donors (Lipinski definition) is 0. The summed E-state index contributed by atoms with van der Waals surface area (Å²) >= 11 is 0. The lowest BCUT2D eigenvalue weighted by molar-refractivity contribution is -0.301. The van der Waals surface area contributed by atoms with Gasteiger partial charge in [-0.1, -0.05) is 45.4 Å². The molecule has 96 valence electrons. The van der Waals surface area contributed by atoms with Crippen LogP contribution < -0.4 is 5.11 Å². The van der Waals surface area contributed by atoms with Gasteiger partial charge in [-0.15, -0.1) is 0 Å². The zero-order valence-corrected chi connectivity index (χ0v) is 11.6. The lowest BCUT2D eigenvalue weighted by Crippen LogP contribution is -2.31. The van der Waals surface area contributed by atoms with Crippen molar-refractivity contribution in [1.29, 1.82) is 0 Å². The molecule has 0 aliphatic rings. The largest absolute Gasteiger partial charge is 0.545 e. The molecular formula is C13H26O2S. The molecule has 0 fully saturated rings. The van der Waals surface area contributed by atoms with Gasteiger partial charge in [-0.05, 0) is 23.7 Å². The van der Waals surface area contributed by atoms with Crippen LogP contribution in [0.15, 0.2) is 0 Å². The van der Waals surface area contributed by atoms with Gasteiger partial charge in [0.2, 0.25) is 0 Å². The molecule has 2 nitrogen and oxygen atoms in total. The van der Waals surface area contributed by atoms with Crippen LogP contribution in [-0.2, 0) is 15.7 Å². The lowest BCUT2D eigenvalue weighted by Gasteiger charge is -2.04. The van der Waals surface area contributed by atoms with Gasteiger partial charge in [-0.2, -0.15) is 0 Å². The fourth-order valence-corrected chi connectivity index (χ4v) is 3.00. The summed E-state index contributed by atoms with van der Waals surface area (Å²) in [5.41, 5.74) is 0. The predicted molar refractivity (Wildman–Crippen MR) is 70.6 cm³/mol. The minimum Gasteiger partial charge on any atom is -0.545 e. The van der Waals surface area contributed by atoms with Crippen LogP contribution in [0.2, 0.25) is 0 Å². The summed E-state index contributed by atoms with van der Waals surface area (Å²) in [6.45, 7) is 2.24. The van der Waals surface area contributed by atoms with Crippen molar-refractivity contribution in [1.82, 2.24) is 0 Å². The molecule has 0 aromatic rings. The monoisotopic (exact) mass is 246 g/mol. The van der Waals surface area contributed by atoms with E-state index in [1.54, 1.807) is 0 Å². The molecule has 0 radical (unpaired) electrons. The van der Waals surface area contributed by atoms with Gasteiger partial charge in [-0.3, -0.25) is 0 Å². The van der Waals surface area contributed by atoms with Crippen molar-refractivity contribution in [2.45, 2.75) is 58.3 Å². The van der Waals surface area contributed by atoms with E-state index in [2.05, 4.69) is 6.92 Å². The molecule has 0 amide bonds. The molecule has 1 atom stereocenters. The van der Waals surface area contributed by atoms with E-state index in [4.69, 9.17) is 0 Å². The van der Waals surface area contributed by atoms with Gasteiger partial charge in [0.1, 0.15) is 11.5 Å². The molecule has 1 unspecified atom stereocenters. The molecule has 0 aromatic carbocycles. The fourth-order valence-electron chi connectivity index (χ4n) is 1.76. The van der Waals surface area contributed by atoms with Gasteiger partial charge < -0.3 is 9.90 Å². The van der Waals surface area contributed by atoms with Crippen LogP contribution in [-0.4, -0.2) is 23.7 Å². The normalized spacial score (nSPS) is 12.6. The molecule has 0 aromatic heterocycles. The Bertz CT molecular complexity index is 171. The molecule has 16 heavy (non-hydrogen) atoms. The van der Waals surface area contributed by atoms with Gasteiger partial charge in [0.15, 0.2) is 0 Å². The second kappa shape index (κ2) is 11.3. The van der Waals surface area contributed by atoms with Gasteiger partial charge >= 0.3 is 0 Å². The third-order valence-corrected chi connectivity index (χ3v) is 4.42. The Morgan fingerprint density at radius 2 is 1.50 bits per heavy atom. The quantitative estimate of drug-likeness (QED) is 0.414. The highest BCUT2D eigenvalue weighted by atomic mass is 32.2. The van der Waals surface area contributed by atoms with E-state index < -0.39 is 5.97 Å². The first-order valence-electron chi connectivity index (χ1n) is 6.45. The molecule has 0 bridgehead atoms. The van der Waals surface area contributed by atoms with Crippen molar-refractivity contribution in [2.24, 2.45) is 0 Å². The predicted octanol–water partition coefficient (Wildman–Crippen LogP) is 2.13. The van der Waals surface area contributed by atoms with E-state index in [0.29, 0.717) is 0 Å². The first-order chi connectivity index (χ1) is 7.66. The molecule has 0 saturated carbocycles.